The molecule has 184 valence electrons. The molecule has 1 aliphatic heterocycles. The summed E-state index contributed by atoms with van der Waals surface area (Å²) in [5.74, 6) is -0.147. The number of hydrogen-bond donors (Lipinski definition) is 2. The highest BCUT2D eigenvalue weighted by atomic mass is 16.1. The van der Waals surface area contributed by atoms with Crippen molar-refractivity contribution in [2.24, 2.45) is 5.10 Å². The molecule has 8 nitrogen and oxygen atoms in total. The molecule has 0 radical (unpaired) electrons. The summed E-state index contributed by atoms with van der Waals surface area (Å²) in [7, 11) is 3.97. The summed E-state index contributed by atoms with van der Waals surface area (Å²) in [5, 5.41) is 6.80. The second-order valence-corrected chi connectivity index (χ2v) is 8.09. The molecule has 34 heavy (non-hydrogen) atoms. The summed E-state index contributed by atoms with van der Waals surface area (Å²) in [5.41, 5.74) is 7.05. The Morgan fingerprint density at radius 3 is 2.21 bits per heavy atom. The zero-order valence-electron chi connectivity index (χ0n) is 20.5. The van der Waals surface area contributed by atoms with Crippen LogP contribution in [0.3, 0.4) is 0 Å². The minimum Gasteiger partial charge on any atom is -0.348 e. The molecule has 2 aromatic rings. The third-order valence-corrected chi connectivity index (χ3v) is 6.26. The molecule has 2 heterocycles. The van der Waals surface area contributed by atoms with Gasteiger partial charge in [-0.05, 0) is 56.3 Å². The van der Waals surface area contributed by atoms with E-state index < -0.39 is 0 Å². The predicted octanol–water partition coefficient (Wildman–Crippen LogP) is 3.00. The molecule has 0 bridgehead atoms. The number of hydrogen-bond acceptors (Lipinski definition) is 7. The van der Waals surface area contributed by atoms with Gasteiger partial charge < -0.3 is 25.2 Å². The smallest absolute Gasteiger partial charge is 0.253 e. The summed E-state index contributed by atoms with van der Waals surface area (Å²) < 4.78 is 0. The van der Waals surface area contributed by atoms with E-state index in [9.17, 15) is 4.79 Å². The van der Waals surface area contributed by atoms with Crippen molar-refractivity contribution in [1.29, 1.82) is 0 Å². The van der Waals surface area contributed by atoms with Crippen LogP contribution in [0.4, 0.5) is 0 Å². The molecule has 0 atom stereocenters. The van der Waals surface area contributed by atoms with Gasteiger partial charge >= 0.3 is 0 Å². The molecule has 4 rings (SSSR count). The van der Waals surface area contributed by atoms with Crippen LogP contribution in [0.2, 0.25) is 0 Å². The maximum absolute atomic E-state index is 12.2. The molecule has 1 aromatic carbocycles. The van der Waals surface area contributed by atoms with Crippen molar-refractivity contribution in [2.75, 3.05) is 20.6 Å². The molecular formula is C26H37N5O3. The molecular weight excluding hydrogens is 430 g/mol. The molecule has 2 N–H and O–H groups in total. The number of amides is 1. The van der Waals surface area contributed by atoms with E-state index in [0.717, 1.165) is 23.1 Å². The van der Waals surface area contributed by atoms with Crippen LogP contribution < -0.4 is 10.7 Å². The van der Waals surface area contributed by atoms with Crippen molar-refractivity contribution in [2.45, 2.75) is 51.1 Å². The molecule has 1 saturated carbocycles. The predicted molar refractivity (Wildman–Crippen MR) is 136 cm³/mol. The fourth-order valence-corrected chi connectivity index (χ4v) is 3.84. The van der Waals surface area contributed by atoms with E-state index in [1.807, 2.05) is 25.7 Å². The molecule has 1 aromatic heterocycles. The number of benzene rings is 1. The Kier molecular flexibility index (Phi) is 13.0. The second-order valence-electron chi connectivity index (χ2n) is 8.09. The molecule has 2 aliphatic rings. The van der Waals surface area contributed by atoms with Crippen LogP contribution in [0.1, 0.15) is 59.7 Å². The van der Waals surface area contributed by atoms with Crippen molar-refractivity contribution in [3.8, 4) is 0 Å². The number of carbonyl (C=O) groups excluding carboxylic acids is 3. The first-order chi connectivity index (χ1) is 16.6. The molecule has 8 heteroatoms. The van der Waals surface area contributed by atoms with E-state index in [0.29, 0.717) is 12.1 Å². The third-order valence-electron chi connectivity index (χ3n) is 6.26. The zero-order chi connectivity index (χ0) is 25.4. The van der Waals surface area contributed by atoms with Crippen LogP contribution in [0.25, 0.3) is 0 Å². The SMILES string of the molecule is C=O.C=O.CCc1ccc(CNC(=O)c2cncc(/C=N\NC)c2)cc1.CN1CCC12CCC2. The number of pyridine rings is 1. The lowest BCUT2D eigenvalue weighted by Gasteiger charge is -2.57. The van der Waals surface area contributed by atoms with Gasteiger partial charge in [0.2, 0.25) is 0 Å². The average molecular weight is 468 g/mol. The molecule has 1 spiro atoms. The maximum atomic E-state index is 12.2. The van der Waals surface area contributed by atoms with E-state index in [2.05, 4.69) is 51.8 Å². The van der Waals surface area contributed by atoms with Crippen LogP contribution >= 0.6 is 0 Å². The summed E-state index contributed by atoms with van der Waals surface area (Å²) in [4.78, 5) is 34.7. The molecule has 1 amide bonds. The van der Waals surface area contributed by atoms with Gasteiger partial charge in [0, 0.05) is 43.6 Å². The minimum atomic E-state index is -0.147. The average Bonchev–Trinajstić information content (AvgIpc) is 2.87. The maximum Gasteiger partial charge on any atom is 0.253 e. The fourth-order valence-electron chi connectivity index (χ4n) is 3.84. The first kappa shape index (κ1) is 28.6. The highest BCUT2D eigenvalue weighted by molar-refractivity contribution is 5.95. The first-order valence-electron chi connectivity index (χ1n) is 11.4. The number of hydrazone groups is 1. The lowest BCUT2D eigenvalue weighted by molar-refractivity contribution is -0.0987. The van der Waals surface area contributed by atoms with Crippen LogP contribution in [0.15, 0.2) is 47.8 Å². The largest absolute Gasteiger partial charge is 0.348 e. The molecule has 1 saturated heterocycles. The Labute approximate surface area is 202 Å². The topological polar surface area (TPSA) is 104 Å². The van der Waals surface area contributed by atoms with Gasteiger partial charge in [0.05, 0.1) is 11.8 Å². The van der Waals surface area contributed by atoms with Gasteiger partial charge in [-0.25, -0.2) is 0 Å². The number of aryl methyl sites for hydroxylation is 1. The Morgan fingerprint density at radius 1 is 1.12 bits per heavy atom. The molecule has 2 fully saturated rings. The standard InChI is InChI=1S/C17H20N4O.C7H13N.2CH2O/c1-3-13-4-6-14(7-5-13)10-20-17(22)16-8-15(9-19-12-16)11-21-18-2;1-8-6-5-7(8)3-2-4-7;2*1-2/h4-9,11-12,18H,3,10H2,1-2H3,(H,20,22);2-6H2,1H3;2*1H2/b21-11-;;;. The monoisotopic (exact) mass is 467 g/mol. The van der Waals surface area contributed by atoms with Crippen LogP contribution in [-0.4, -0.2) is 61.8 Å². The summed E-state index contributed by atoms with van der Waals surface area (Å²) in [6.07, 6.45) is 11.7. The van der Waals surface area contributed by atoms with Gasteiger partial charge in [-0.3, -0.25) is 9.78 Å². The number of nitrogens with zero attached hydrogens (tertiary/aromatic N) is 3. The zero-order valence-corrected chi connectivity index (χ0v) is 20.5. The lowest BCUT2D eigenvalue weighted by Crippen LogP contribution is -2.61. The van der Waals surface area contributed by atoms with Gasteiger partial charge in [-0.1, -0.05) is 31.2 Å². The van der Waals surface area contributed by atoms with E-state index in [4.69, 9.17) is 9.59 Å². The number of aromatic nitrogens is 1. The fraction of sp³-hybridized carbons (Fsp3) is 0.423. The quantitative estimate of drug-likeness (QED) is 0.500. The van der Waals surface area contributed by atoms with Crippen molar-refractivity contribution in [3.05, 3.63) is 65.0 Å². The van der Waals surface area contributed by atoms with E-state index in [-0.39, 0.29) is 5.91 Å². The van der Waals surface area contributed by atoms with Crippen molar-refractivity contribution in [1.82, 2.24) is 20.6 Å². The van der Waals surface area contributed by atoms with Gasteiger partial charge in [0.1, 0.15) is 13.6 Å². The summed E-state index contributed by atoms with van der Waals surface area (Å²) in [6, 6.07) is 9.99. The number of carbonyl (C=O) groups is 3. The number of nitrogens with one attached hydrogen (secondary N) is 2. The Morgan fingerprint density at radius 2 is 1.76 bits per heavy atom. The lowest BCUT2D eigenvalue weighted by atomic mass is 9.68. The van der Waals surface area contributed by atoms with Crippen molar-refractivity contribution >= 4 is 25.7 Å². The highest BCUT2D eigenvalue weighted by Crippen LogP contribution is 2.45. The Hall–Kier alpha value is -3.39. The second kappa shape index (κ2) is 15.4. The van der Waals surface area contributed by atoms with E-state index >= 15 is 0 Å². The number of likely N-dealkylation sites (tertiary alicyclic amines) is 1. The molecule has 1 aliphatic carbocycles. The highest BCUT2D eigenvalue weighted by Gasteiger charge is 2.46. The van der Waals surface area contributed by atoms with Crippen LogP contribution in [-0.2, 0) is 22.6 Å². The normalized spacial score (nSPS) is 15.1. The van der Waals surface area contributed by atoms with Gasteiger partial charge in [0.25, 0.3) is 5.91 Å². The van der Waals surface area contributed by atoms with Gasteiger partial charge in [0.15, 0.2) is 0 Å². The van der Waals surface area contributed by atoms with E-state index in [1.54, 1.807) is 31.7 Å². The third kappa shape index (κ3) is 8.19. The van der Waals surface area contributed by atoms with Gasteiger partial charge in [-0.2, -0.15) is 5.10 Å². The first-order valence-corrected chi connectivity index (χ1v) is 11.4. The van der Waals surface area contributed by atoms with Crippen LogP contribution in [0.5, 0.6) is 0 Å². The number of rotatable bonds is 6. The van der Waals surface area contributed by atoms with E-state index in [1.165, 1.54) is 37.8 Å². The summed E-state index contributed by atoms with van der Waals surface area (Å²) >= 11 is 0. The van der Waals surface area contributed by atoms with Crippen molar-refractivity contribution in [3.63, 3.8) is 0 Å². The Balaban J connectivity index is 0.000000395. The van der Waals surface area contributed by atoms with Crippen molar-refractivity contribution < 1.29 is 14.4 Å². The Bertz CT molecular complexity index is 890. The molecule has 0 unspecified atom stereocenters. The minimum absolute atomic E-state index is 0.147. The summed E-state index contributed by atoms with van der Waals surface area (Å²) in [6.45, 7) is 7.96. The van der Waals surface area contributed by atoms with Crippen LogP contribution in [0, 0.1) is 0 Å². The van der Waals surface area contributed by atoms with Gasteiger partial charge in [-0.15, -0.1) is 0 Å².